The van der Waals surface area contributed by atoms with Crippen molar-refractivity contribution in [3.8, 4) is 0 Å². The number of anilines is 1. The van der Waals surface area contributed by atoms with Crippen LogP contribution in [0.25, 0.3) is 0 Å². The molecule has 0 spiro atoms. The normalized spacial score (nSPS) is 10.8. The van der Waals surface area contributed by atoms with Crippen LogP contribution in [0.1, 0.15) is 41.7 Å². The third kappa shape index (κ3) is 3.45. The molecule has 0 aliphatic carbocycles. The Morgan fingerprint density at radius 1 is 1.30 bits per heavy atom. The molecule has 1 aromatic heterocycles. The highest BCUT2D eigenvalue weighted by Gasteiger charge is 2.12. The number of rotatable bonds is 5. The van der Waals surface area contributed by atoms with E-state index in [0.29, 0.717) is 18.4 Å². The molecule has 20 heavy (non-hydrogen) atoms. The van der Waals surface area contributed by atoms with Crippen LogP contribution in [0.5, 0.6) is 0 Å². The van der Waals surface area contributed by atoms with Gasteiger partial charge in [0.1, 0.15) is 6.26 Å². The van der Waals surface area contributed by atoms with Crippen LogP contribution in [-0.4, -0.2) is 17.9 Å². The fraction of sp³-hybridized carbons (Fsp3) is 0.333. The van der Waals surface area contributed by atoms with Gasteiger partial charge in [-0.2, -0.15) is 0 Å². The summed E-state index contributed by atoms with van der Waals surface area (Å²) in [7, 11) is 1.79. The van der Waals surface area contributed by atoms with Gasteiger partial charge in [0.05, 0.1) is 6.54 Å². The van der Waals surface area contributed by atoms with Gasteiger partial charge in [-0.3, -0.25) is 4.79 Å². The van der Waals surface area contributed by atoms with Gasteiger partial charge in [-0.1, -0.05) is 26.0 Å². The molecule has 5 heteroatoms. The second-order valence-corrected chi connectivity index (χ2v) is 4.89. The van der Waals surface area contributed by atoms with Crippen molar-refractivity contribution in [2.24, 2.45) is 0 Å². The van der Waals surface area contributed by atoms with Gasteiger partial charge in [0.15, 0.2) is 5.69 Å². The van der Waals surface area contributed by atoms with Crippen LogP contribution in [0.3, 0.4) is 0 Å². The van der Waals surface area contributed by atoms with Gasteiger partial charge in [0, 0.05) is 5.69 Å². The predicted molar refractivity (Wildman–Crippen MR) is 77.8 cm³/mol. The third-order valence-corrected chi connectivity index (χ3v) is 2.95. The number of nitrogens with one attached hydrogen (secondary N) is 2. The van der Waals surface area contributed by atoms with Crippen LogP contribution in [0.15, 0.2) is 34.9 Å². The number of amides is 1. The molecule has 0 aliphatic rings. The van der Waals surface area contributed by atoms with E-state index >= 15 is 0 Å². The Morgan fingerprint density at radius 2 is 2.00 bits per heavy atom. The van der Waals surface area contributed by atoms with E-state index in [4.69, 9.17) is 4.42 Å². The summed E-state index contributed by atoms with van der Waals surface area (Å²) < 4.78 is 5.18. The number of nitrogens with zero attached hydrogens (tertiary/aromatic N) is 1. The zero-order valence-electron chi connectivity index (χ0n) is 11.9. The topological polar surface area (TPSA) is 67.2 Å². The Hall–Kier alpha value is -2.14. The Kier molecular flexibility index (Phi) is 4.53. The smallest absolute Gasteiger partial charge is 0.277 e. The molecule has 0 aliphatic heterocycles. The first-order valence-electron chi connectivity index (χ1n) is 6.60. The number of hydrogen-bond donors (Lipinski definition) is 2. The van der Waals surface area contributed by atoms with Gasteiger partial charge >= 0.3 is 0 Å². The van der Waals surface area contributed by atoms with Gasteiger partial charge in [0.25, 0.3) is 5.91 Å². The summed E-state index contributed by atoms with van der Waals surface area (Å²) in [6, 6.07) is 7.80. The van der Waals surface area contributed by atoms with E-state index in [2.05, 4.69) is 29.5 Å². The number of carbonyl (C=O) groups is 1. The molecule has 0 fully saturated rings. The average Bonchev–Trinajstić information content (AvgIpc) is 2.88. The van der Waals surface area contributed by atoms with Crippen molar-refractivity contribution in [1.29, 1.82) is 0 Å². The molecule has 2 rings (SSSR count). The zero-order valence-corrected chi connectivity index (χ0v) is 11.9. The van der Waals surface area contributed by atoms with Crippen molar-refractivity contribution >= 4 is 11.6 Å². The van der Waals surface area contributed by atoms with Crippen molar-refractivity contribution in [2.45, 2.75) is 26.3 Å². The molecule has 0 radical (unpaired) electrons. The molecule has 2 N–H and O–H groups in total. The second-order valence-electron chi connectivity index (χ2n) is 4.89. The quantitative estimate of drug-likeness (QED) is 0.879. The largest absolute Gasteiger partial charge is 0.447 e. The van der Waals surface area contributed by atoms with Crippen LogP contribution in [0.4, 0.5) is 5.69 Å². The summed E-state index contributed by atoms with van der Waals surface area (Å²) in [6.07, 6.45) is 1.37. The van der Waals surface area contributed by atoms with E-state index in [1.54, 1.807) is 7.05 Å². The lowest BCUT2D eigenvalue weighted by Gasteiger charge is -2.07. The van der Waals surface area contributed by atoms with Gasteiger partial charge < -0.3 is 15.1 Å². The lowest BCUT2D eigenvalue weighted by Crippen LogP contribution is -2.13. The van der Waals surface area contributed by atoms with E-state index in [-0.39, 0.29) is 11.6 Å². The van der Waals surface area contributed by atoms with Gasteiger partial charge in [-0.15, -0.1) is 0 Å². The van der Waals surface area contributed by atoms with E-state index in [1.807, 2.05) is 24.3 Å². The van der Waals surface area contributed by atoms with E-state index in [0.717, 1.165) is 5.69 Å². The van der Waals surface area contributed by atoms with Crippen molar-refractivity contribution < 1.29 is 9.21 Å². The number of carbonyl (C=O) groups excluding carboxylic acids is 1. The lowest BCUT2D eigenvalue weighted by atomic mass is 10.0. The summed E-state index contributed by atoms with van der Waals surface area (Å²) in [5, 5.41) is 5.71. The first-order valence-corrected chi connectivity index (χ1v) is 6.60. The van der Waals surface area contributed by atoms with E-state index in [9.17, 15) is 4.79 Å². The zero-order chi connectivity index (χ0) is 14.5. The van der Waals surface area contributed by atoms with Crippen molar-refractivity contribution in [2.75, 3.05) is 12.4 Å². The lowest BCUT2D eigenvalue weighted by molar-refractivity contribution is 0.102. The molecule has 0 atom stereocenters. The molecule has 0 unspecified atom stereocenters. The minimum atomic E-state index is -0.270. The predicted octanol–water partition coefficient (Wildman–Crippen LogP) is 2.77. The highest BCUT2D eigenvalue weighted by Crippen LogP contribution is 2.17. The van der Waals surface area contributed by atoms with Crippen molar-refractivity contribution in [3.63, 3.8) is 0 Å². The summed E-state index contributed by atoms with van der Waals surface area (Å²) in [5.74, 6) is 0.695. The average molecular weight is 273 g/mol. The highest BCUT2D eigenvalue weighted by atomic mass is 16.3. The summed E-state index contributed by atoms with van der Waals surface area (Å²) in [5.41, 5.74) is 2.27. The standard InChI is InChI=1S/C15H19N3O2/c1-10(2)11-4-6-12(7-5-11)17-15(19)13-9-20-14(18-13)8-16-3/h4-7,9-10,16H,8H2,1-3H3,(H,17,19). The molecule has 1 amide bonds. The number of hydrogen-bond acceptors (Lipinski definition) is 4. The fourth-order valence-electron chi connectivity index (χ4n) is 1.79. The maximum absolute atomic E-state index is 12.0. The van der Waals surface area contributed by atoms with Crippen LogP contribution in [0.2, 0.25) is 0 Å². The Bertz CT molecular complexity index is 573. The van der Waals surface area contributed by atoms with E-state index in [1.165, 1.54) is 11.8 Å². The van der Waals surface area contributed by atoms with Crippen molar-refractivity contribution in [1.82, 2.24) is 10.3 Å². The molecule has 1 heterocycles. The summed E-state index contributed by atoms with van der Waals surface area (Å²) >= 11 is 0. The van der Waals surface area contributed by atoms with E-state index < -0.39 is 0 Å². The third-order valence-electron chi connectivity index (χ3n) is 2.95. The van der Waals surface area contributed by atoms with Gasteiger partial charge in [-0.05, 0) is 30.7 Å². The number of aromatic nitrogens is 1. The maximum atomic E-state index is 12.0. The molecule has 2 aromatic rings. The summed E-state index contributed by atoms with van der Waals surface area (Å²) in [6.45, 7) is 4.76. The Balaban J connectivity index is 2.03. The first-order chi connectivity index (χ1) is 9.60. The number of benzene rings is 1. The highest BCUT2D eigenvalue weighted by molar-refractivity contribution is 6.02. The van der Waals surface area contributed by atoms with Crippen LogP contribution >= 0.6 is 0 Å². The second kappa shape index (κ2) is 6.34. The maximum Gasteiger partial charge on any atom is 0.277 e. The molecule has 106 valence electrons. The number of oxazole rings is 1. The van der Waals surface area contributed by atoms with Crippen LogP contribution < -0.4 is 10.6 Å². The molecular weight excluding hydrogens is 254 g/mol. The molecule has 1 aromatic carbocycles. The fourth-order valence-corrected chi connectivity index (χ4v) is 1.79. The van der Waals surface area contributed by atoms with Crippen molar-refractivity contribution in [3.05, 3.63) is 47.7 Å². The SMILES string of the molecule is CNCc1nc(C(=O)Nc2ccc(C(C)C)cc2)co1. The Labute approximate surface area is 118 Å². The summed E-state index contributed by atoms with van der Waals surface area (Å²) in [4.78, 5) is 16.1. The molecule has 0 saturated carbocycles. The van der Waals surface area contributed by atoms with Gasteiger partial charge in [-0.25, -0.2) is 4.98 Å². The molecular formula is C15H19N3O2. The molecule has 0 bridgehead atoms. The Morgan fingerprint density at radius 3 is 2.60 bits per heavy atom. The minimum absolute atomic E-state index is 0.270. The first kappa shape index (κ1) is 14.3. The van der Waals surface area contributed by atoms with Crippen LogP contribution in [-0.2, 0) is 6.54 Å². The van der Waals surface area contributed by atoms with Crippen LogP contribution in [0, 0.1) is 0 Å². The minimum Gasteiger partial charge on any atom is -0.447 e. The van der Waals surface area contributed by atoms with Gasteiger partial charge in [0.2, 0.25) is 5.89 Å². The molecule has 0 saturated heterocycles. The monoisotopic (exact) mass is 273 g/mol. The molecule has 5 nitrogen and oxygen atoms in total.